The van der Waals surface area contributed by atoms with E-state index < -0.39 is 15.4 Å². The maximum atomic E-state index is 14.1. The lowest BCUT2D eigenvalue weighted by molar-refractivity contribution is -0.128. The highest BCUT2D eigenvalue weighted by Crippen LogP contribution is 2.64. The number of carbonyl (C=O) groups excluding carboxylic acids is 1. The minimum atomic E-state index is -3.81. The Morgan fingerprint density at radius 1 is 1.13 bits per heavy atom. The van der Waals surface area contributed by atoms with Gasteiger partial charge < -0.3 is 9.47 Å². The fraction of sp³-hybridized carbons (Fsp3) is 0.600. The number of fused-ring (bicyclic) bond motifs is 2. The molecule has 7 nitrogen and oxygen atoms in total. The molecule has 1 aliphatic heterocycles. The number of Topliss-reactive ketones (excluding diaryl/α,β-unsaturated/α-hetero) is 1. The summed E-state index contributed by atoms with van der Waals surface area (Å²) in [5, 5.41) is 0.659. The van der Waals surface area contributed by atoms with Crippen molar-refractivity contribution in [2.24, 2.45) is 16.7 Å². The lowest BCUT2D eigenvalue weighted by Gasteiger charge is -2.37. The zero-order valence-electron chi connectivity index (χ0n) is 23.2. The number of nitrogens with zero attached hydrogens (tertiary/aromatic N) is 2. The molecule has 1 aromatic heterocycles. The van der Waals surface area contributed by atoms with Gasteiger partial charge in [-0.05, 0) is 79.0 Å². The molecular formula is C30H40N2O5S2. The summed E-state index contributed by atoms with van der Waals surface area (Å²) >= 11 is 2.01. The summed E-state index contributed by atoms with van der Waals surface area (Å²) in [5.74, 6) is 2.68. The van der Waals surface area contributed by atoms with Crippen LogP contribution in [0.2, 0.25) is 0 Å². The molecule has 9 heteroatoms. The topological polar surface area (TPSA) is 85.8 Å². The van der Waals surface area contributed by atoms with Crippen molar-refractivity contribution < 1.29 is 22.7 Å². The van der Waals surface area contributed by atoms with Crippen molar-refractivity contribution in [2.75, 3.05) is 25.2 Å². The molecule has 0 amide bonds. The molecule has 3 atom stereocenters. The summed E-state index contributed by atoms with van der Waals surface area (Å²) in [6.45, 7) is 5.06. The smallest absolute Gasteiger partial charge is 0.215 e. The highest BCUT2D eigenvalue weighted by Gasteiger charge is 2.65. The molecule has 1 aromatic carbocycles. The number of aromatic nitrogens is 1. The molecule has 3 fully saturated rings. The molecule has 2 heterocycles. The normalized spacial score (nSPS) is 25.9. The van der Waals surface area contributed by atoms with E-state index in [1.807, 2.05) is 48.2 Å². The van der Waals surface area contributed by atoms with E-state index in [9.17, 15) is 13.2 Å². The highest BCUT2D eigenvalue weighted by molar-refractivity contribution is 8.00. The predicted molar refractivity (Wildman–Crippen MR) is 154 cm³/mol. The van der Waals surface area contributed by atoms with Gasteiger partial charge in [0, 0.05) is 29.8 Å². The van der Waals surface area contributed by atoms with Gasteiger partial charge in [-0.1, -0.05) is 26.0 Å². The third-order valence-electron chi connectivity index (χ3n) is 9.33. The molecular weight excluding hydrogens is 532 g/mol. The molecule has 2 bridgehead atoms. The Labute approximate surface area is 237 Å². The number of methoxy groups -OCH3 is 1. The van der Waals surface area contributed by atoms with Gasteiger partial charge in [-0.15, -0.1) is 0 Å². The van der Waals surface area contributed by atoms with E-state index in [0.717, 1.165) is 18.4 Å². The first-order chi connectivity index (χ1) is 18.6. The van der Waals surface area contributed by atoms with Gasteiger partial charge in [-0.2, -0.15) is 16.1 Å². The number of carbonyl (C=O) groups is 1. The van der Waals surface area contributed by atoms with Gasteiger partial charge in [-0.25, -0.2) is 8.42 Å². The van der Waals surface area contributed by atoms with Gasteiger partial charge in [0.05, 0.1) is 31.7 Å². The van der Waals surface area contributed by atoms with Crippen molar-refractivity contribution in [3.8, 4) is 11.5 Å². The molecule has 2 saturated carbocycles. The summed E-state index contributed by atoms with van der Waals surface area (Å²) in [7, 11) is -2.20. The van der Waals surface area contributed by atoms with Gasteiger partial charge in [0.1, 0.15) is 5.78 Å². The second kappa shape index (κ2) is 11.4. The molecule has 3 aliphatic rings. The SMILES string of the molecule is COc1cc(CN(Cc2ccccn2)S(=O)(=O)CC23CCC(CC2=O)C3(C)C)ccc1OCCC1CCCS1. The minimum absolute atomic E-state index is 0.101. The zero-order valence-corrected chi connectivity index (χ0v) is 24.9. The number of pyridine rings is 1. The summed E-state index contributed by atoms with van der Waals surface area (Å²) < 4.78 is 41.3. The first-order valence-electron chi connectivity index (χ1n) is 14.0. The second-order valence-electron chi connectivity index (χ2n) is 11.8. The van der Waals surface area contributed by atoms with Crippen molar-refractivity contribution in [2.45, 2.75) is 70.7 Å². The van der Waals surface area contributed by atoms with Crippen molar-refractivity contribution in [1.29, 1.82) is 0 Å². The first-order valence-corrected chi connectivity index (χ1v) is 16.6. The van der Waals surface area contributed by atoms with E-state index in [4.69, 9.17) is 9.47 Å². The van der Waals surface area contributed by atoms with Crippen molar-refractivity contribution >= 4 is 27.6 Å². The largest absolute Gasteiger partial charge is 0.493 e. The average molecular weight is 573 g/mol. The molecule has 2 aliphatic carbocycles. The van der Waals surface area contributed by atoms with Crippen LogP contribution in [-0.2, 0) is 27.9 Å². The lowest BCUT2D eigenvalue weighted by atomic mass is 9.70. The Kier molecular flexibility index (Phi) is 8.32. The molecule has 3 unspecified atom stereocenters. The summed E-state index contributed by atoms with van der Waals surface area (Å²) in [4.78, 5) is 17.5. The molecule has 0 N–H and O–H groups in total. The summed E-state index contributed by atoms with van der Waals surface area (Å²) in [6, 6.07) is 11.1. The fourth-order valence-electron chi connectivity index (χ4n) is 6.74. The van der Waals surface area contributed by atoms with E-state index in [1.54, 1.807) is 13.3 Å². The number of hydrogen-bond donors (Lipinski definition) is 0. The first kappa shape index (κ1) is 28.4. The number of benzene rings is 1. The number of sulfonamides is 1. The number of hydrogen-bond acceptors (Lipinski definition) is 7. The quantitative estimate of drug-likeness (QED) is 0.333. The van der Waals surface area contributed by atoms with Crippen LogP contribution in [-0.4, -0.2) is 54.0 Å². The maximum absolute atomic E-state index is 14.1. The monoisotopic (exact) mass is 572 g/mol. The van der Waals surface area contributed by atoms with E-state index in [1.165, 1.54) is 22.9 Å². The Bertz CT molecular complexity index is 1280. The number of ketones is 1. The van der Waals surface area contributed by atoms with Gasteiger partial charge in [-0.3, -0.25) is 9.78 Å². The standard InChI is InChI=1S/C30H40N2O5S2/c1-29(2)23-11-13-30(29,28(33)18-23)21-39(34,35)32(20-24-7-4-5-14-31-24)19-22-9-10-26(27(17-22)36-3)37-15-12-25-8-6-16-38-25/h4-5,7,9-10,14,17,23,25H,6,8,11-13,15-16,18-21H2,1-3H3. The van der Waals surface area contributed by atoms with Crippen LogP contribution >= 0.6 is 11.8 Å². The van der Waals surface area contributed by atoms with Crippen LogP contribution in [0.4, 0.5) is 0 Å². The lowest BCUT2D eigenvalue weighted by Crippen LogP contribution is -2.46. The van der Waals surface area contributed by atoms with Crippen LogP contribution in [0.5, 0.6) is 11.5 Å². The van der Waals surface area contributed by atoms with E-state index in [0.29, 0.717) is 41.9 Å². The van der Waals surface area contributed by atoms with Crippen molar-refractivity contribution in [3.63, 3.8) is 0 Å². The van der Waals surface area contributed by atoms with Gasteiger partial charge >= 0.3 is 0 Å². The van der Waals surface area contributed by atoms with E-state index in [2.05, 4.69) is 18.8 Å². The zero-order chi connectivity index (χ0) is 27.7. The molecule has 39 heavy (non-hydrogen) atoms. The Balaban J connectivity index is 1.36. The summed E-state index contributed by atoms with van der Waals surface area (Å²) in [5.41, 5.74) is 0.305. The third kappa shape index (κ3) is 5.72. The Morgan fingerprint density at radius 2 is 1.97 bits per heavy atom. The Hall–Kier alpha value is -2.10. The number of rotatable bonds is 12. The van der Waals surface area contributed by atoms with Crippen molar-refractivity contribution in [3.05, 3.63) is 53.9 Å². The summed E-state index contributed by atoms with van der Waals surface area (Å²) in [6.07, 6.45) is 7.23. The van der Waals surface area contributed by atoms with Crippen LogP contribution in [0.15, 0.2) is 42.6 Å². The average Bonchev–Trinajstić information content (AvgIpc) is 3.56. The van der Waals surface area contributed by atoms with Gasteiger partial charge in [0.25, 0.3) is 0 Å². The number of thioether (sulfide) groups is 1. The van der Waals surface area contributed by atoms with Crippen LogP contribution in [0.1, 0.15) is 63.6 Å². The fourth-order valence-corrected chi connectivity index (χ4v) is 10.2. The molecule has 1 saturated heterocycles. The van der Waals surface area contributed by atoms with Crippen LogP contribution in [0, 0.1) is 16.7 Å². The van der Waals surface area contributed by atoms with Crippen LogP contribution in [0.3, 0.4) is 0 Å². The number of ether oxygens (including phenoxy) is 2. The minimum Gasteiger partial charge on any atom is -0.493 e. The third-order valence-corrected chi connectivity index (χ3v) is 12.7. The van der Waals surface area contributed by atoms with E-state index in [-0.39, 0.29) is 36.0 Å². The van der Waals surface area contributed by atoms with Crippen LogP contribution in [0.25, 0.3) is 0 Å². The molecule has 212 valence electrons. The molecule has 2 aromatic rings. The van der Waals surface area contributed by atoms with Gasteiger partial charge in [0.15, 0.2) is 11.5 Å². The van der Waals surface area contributed by atoms with Crippen LogP contribution < -0.4 is 9.47 Å². The van der Waals surface area contributed by atoms with E-state index >= 15 is 0 Å². The Morgan fingerprint density at radius 3 is 2.62 bits per heavy atom. The second-order valence-corrected chi connectivity index (χ2v) is 15.1. The molecule has 0 radical (unpaired) electrons. The highest BCUT2D eigenvalue weighted by atomic mass is 32.2. The maximum Gasteiger partial charge on any atom is 0.215 e. The molecule has 0 spiro atoms. The predicted octanol–water partition coefficient (Wildman–Crippen LogP) is 5.48. The van der Waals surface area contributed by atoms with Gasteiger partial charge in [0.2, 0.25) is 10.0 Å². The molecule has 5 rings (SSSR count). The van der Waals surface area contributed by atoms with Crippen molar-refractivity contribution in [1.82, 2.24) is 9.29 Å².